The van der Waals surface area contributed by atoms with Crippen molar-refractivity contribution in [3.05, 3.63) is 29.8 Å². The van der Waals surface area contributed by atoms with Gasteiger partial charge >= 0.3 is 0 Å². The van der Waals surface area contributed by atoms with Crippen LogP contribution in [0.1, 0.15) is 25.3 Å². The molecule has 0 heterocycles. The van der Waals surface area contributed by atoms with Gasteiger partial charge in [0.15, 0.2) is 0 Å². The predicted octanol–water partition coefficient (Wildman–Crippen LogP) is 2.12. The SMILES string of the molecule is CCc1ccc(O[C@H]2C[C@H](N)C2)cc1. The molecular formula is C12H17NO. The number of nitrogens with two attached hydrogens (primary N) is 1. The van der Waals surface area contributed by atoms with Gasteiger partial charge in [0.2, 0.25) is 0 Å². The smallest absolute Gasteiger partial charge is 0.119 e. The van der Waals surface area contributed by atoms with Crippen molar-refractivity contribution in [1.82, 2.24) is 0 Å². The standard InChI is InChI=1S/C12H17NO/c1-2-9-3-5-11(6-4-9)14-12-7-10(13)8-12/h3-6,10,12H,2,7-8,13H2,1H3/t10-,12-. The van der Waals surface area contributed by atoms with E-state index in [0.717, 1.165) is 25.0 Å². The zero-order valence-electron chi connectivity index (χ0n) is 8.57. The number of ether oxygens (including phenoxy) is 1. The number of benzene rings is 1. The van der Waals surface area contributed by atoms with Crippen LogP contribution >= 0.6 is 0 Å². The van der Waals surface area contributed by atoms with Gasteiger partial charge in [-0.15, -0.1) is 0 Å². The van der Waals surface area contributed by atoms with Gasteiger partial charge in [-0.1, -0.05) is 19.1 Å². The van der Waals surface area contributed by atoms with Crippen LogP contribution in [0.2, 0.25) is 0 Å². The lowest BCUT2D eigenvalue weighted by atomic mass is 9.90. The Morgan fingerprint density at radius 3 is 2.43 bits per heavy atom. The Balaban J connectivity index is 1.90. The molecule has 1 aromatic rings. The van der Waals surface area contributed by atoms with E-state index in [-0.39, 0.29) is 0 Å². The molecule has 0 unspecified atom stereocenters. The van der Waals surface area contributed by atoms with E-state index in [1.165, 1.54) is 5.56 Å². The van der Waals surface area contributed by atoms with Gasteiger partial charge in [0.1, 0.15) is 11.9 Å². The average molecular weight is 191 g/mol. The maximum absolute atomic E-state index is 5.74. The zero-order valence-corrected chi connectivity index (χ0v) is 8.57. The fourth-order valence-electron chi connectivity index (χ4n) is 1.70. The Kier molecular flexibility index (Phi) is 2.73. The molecule has 0 saturated heterocycles. The average Bonchev–Trinajstić information content (AvgIpc) is 2.17. The molecule has 1 fully saturated rings. The predicted molar refractivity (Wildman–Crippen MR) is 57.4 cm³/mol. The van der Waals surface area contributed by atoms with Gasteiger partial charge in [0, 0.05) is 6.04 Å². The number of rotatable bonds is 3. The van der Waals surface area contributed by atoms with Crippen molar-refractivity contribution in [3.8, 4) is 5.75 Å². The van der Waals surface area contributed by atoms with E-state index in [9.17, 15) is 0 Å². The molecule has 1 saturated carbocycles. The molecule has 0 spiro atoms. The van der Waals surface area contributed by atoms with Crippen molar-refractivity contribution in [2.45, 2.75) is 38.3 Å². The van der Waals surface area contributed by atoms with Crippen LogP contribution in [0.4, 0.5) is 0 Å². The molecule has 2 nitrogen and oxygen atoms in total. The minimum Gasteiger partial charge on any atom is -0.490 e. The lowest BCUT2D eigenvalue weighted by molar-refractivity contribution is 0.101. The molecule has 1 aliphatic carbocycles. The summed E-state index contributed by atoms with van der Waals surface area (Å²) in [4.78, 5) is 0. The molecular weight excluding hydrogens is 174 g/mol. The molecule has 2 N–H and O–H groups in total. The highest BCUT2D eigenvalue weighted by molar-refractivity contribution is 5.27. The van der Waals surface area contributed by atoms with Crippen molar-refractivity contribution in [1.29, 1.82) is 0 Å². The van der Waals surface area contributed by atoms with Crippen molar-refractivity contribution in [2.75, 3.05) is 0 Å². The lowest BCUT2D eigenvalue weighted by Gasteiger charge is -2.32. The zero-order chi connectivity index (χ0) is 9.97. The fourth-order valence-corrected chi connectivity index (χ4v) is 1.70. The molecule has 14 heavy (non-hydrogen) atoms. The van der Waals surface area contributed by atoms with E-state index >= 15 is 0 Å². The Morgan fingerprint density at radius 1 is 1.29 bits per heavy atom. The third kappa shape index (κ3) is 2.07. The Morgan fingerprint density at radius 2 is 1.93 bits per heavy atom. The molecule has 0 atom stereocenters. The first-order valence-electron chi connectivity index (χ1n) is 5.29. The van der Waals surface area contributed by atoms with Gasteiger partial charge in [-0.2, -0.15) is 0 Å². The second-order valence-corrected chi connectivity index (χ2v) is 3.97. The molecule has 0 radical (unpaired) electrons. The second-order valence-electron chi connectivity index (χ2n) is 3.97. The molecule has 0 aromatic heterocycles. The lowest BCUT2D eigenvalue weighted by Crippen LogP contribution is -2.43. The molecule has 1 aromatic carbocycles. The van der Waals surface area contributed by atoms with Crippen LogP contribution in [0.5, 0.6) is 5.75 Å². The van der Waals surface area contributed by atoms with E-state index < -0.39 is 0 Å². The molecule has 0 aliphatic heterocycles. The largest absolute Gasteiger partial charge is 0.490 e. The molecule has 2 rings (SSSR count). The van der Waals surface area contributed by atoms with E-state index in [1.807, 2.05) is 12.1 Å². The second kappa shape index (κ2) is 4.01. The van der Waals surface area contributed by atoms with Crippen molar-refractivity contribution >= 4 is 0 Å². The highest BCUT2D eigenvalue weighted by atomic mass is 16.5. The Hall–Kier alpha value is -1.02. The first-order valence-corrected chi connectivity index (χ1v) is 5.29. The summed E-state index contributed by atoms with van der Waals surface area (Å²) < 4.78 is 5.74. The number of hydrogen-bond donors (Lipinski definition) is 1. The van der Waals surface area contributed by atoms with Crippen LogP contribution in [0, 0.1) is 0 Å². The monoisotopic (exact) mass is 191 g/mol. The van der Waals surface area contributed by atoms with E-state index in [0.29, 0.717) is 12.1 Å². The Labute approximate surface area is 85.1 Å². The quantitative estimate of drug-likeness (QED) is 0.794. The first kappa shape index (κ1) is 9.53. The summed E-state index contributed by atoms with van der Waals surface area (Å²) in [6.07, 6.45) is 3.41. The van der Waals surface area contributed by atoms with Gasteiger partial charge in [0.25, 0.3) is 0 Å². The molecule has 76 valence electrons. The van der Waals surface area contributed by atoms with E-state index in [4.69, 9.17) is 10.5 Å². The van der Waals surface area contributed by atoms with Gasteiger partial charge in [-0.05, 0) is 37.0 Å². The normalized spacial score (nSPS) is 25.6. The van der Waals surface area contributed by atoms with Crippen molar-refractivity contribution in [2.24, 2.45) is 5.73 Å². The summed E-state index contributed by atoms with van der Waals surface area (Å²) in [6.45, 7) is 2.15. The van der Waals surface area contributed by atoms with Gasteiger partial charge in [0.05, 0.1) is 0 Å². The van der Waals surface area contributed by atoms with Gasteiger partial charge < -0.3 is 10.5 Å². The van der Waals surface area contributed by atoms with Gasteiger partial charge in [-0.3, -0.25) is 0 Å². The van der Waals surface area contributed by atoms with E-state index in [2.05, 4.69) is 19.1 Å². The highest BCUT2D eigenvalue weighted by Crippen LogP contribution is 2.24. The summed E-state index contributed by atoms with van der Waals surface area (Å²) in [5.74, 6) is 0.971. The topological polar surface area (TPSA) is 35.2 Å². The fraction of sp³-hybridized carbons (Fsp3) is 0.500. The first-order chi connectivity index (χ1) is 6.78. The third-order valence-corrected chi connectivity index (χ3v) is 2.77. The molecule has 2 heteroatoms. The minimum atomic E-state index is 0.345. The summed E-state index contributed by atoms with van der Waals surface area (Å²) in [5.41, 5.74) is 7.04. The molecule has 0 amide bonds. The summed E-state index contributed by atoms with van der Waals surface area (Å²) in [7, 11) is 0. The Bertz CT molecular complexity index is 288. The minimum absolute atomic E-state index is 0.345. The summed E-state index contributed by atoms with van der Waals surface area (Å²) in [5, 5.41) is 0. The summed E-state index contributed by atoms with van der Waals surface area (Å²) >= 11 is 0. The van der Waals surface area contributed by atoms with Crippen LogP contribution in [0.15, 0.2) is 24.3 Å². The maximum atomic E-state index is 5.74. The van der Waals surface area contributed by atoms with Crippen LogP contribution in [-0.4, -0.2) is 12.1 Å². The summed E-state index contributed by atoms with van der Waals surface area (Å²) in [6, 6.07) is 8.68. The highest BCUT2D eigenvalue weighted by Gasteiger charge is 2.27. The van der Waals surface area contributed by atoms with Crippen LogP contribution in [0.3, 0.4) is 0 Å². The number of hydrogen-bond acceptors (Lipinski definition) is 2. The molecule has 1 aliphatic rings. The molecule has 0 bridgehead atoms. The maximum Gasteiger partial charge on any atom is 0.119 e. The third-order valence-electron chi connectivity index (χ3n) is 2.77. The number of aryl methyl sites for hydroxylation is 1. The van der Waals surface area contributed by atoms with Crippen molar-refractivity contribution in [3.63, 3.8) is 0 Å². The van der Waals surface area contributed by atoms with Crippen molar-refractivity contribution < 1.29 is 4.74 Å². The van der Waals surface area contributed by atoms with Gasteiger partial charge in [-0.25, -0.2) is 0 Å². The van der Waals surface area contributed by atoms with Crippen LogP contribution in [-0.2, 0) is 6.42 Å². The van der Waals surface area contributed by atoms with E-state index in [1.54, 1.807) is 0 Å². The van der Waals surface area contributed by atoms with Crippen LogP contribution in [0.25, 0.3) is 0 Å². The van der Waals surface area contributed by atoms with Crippen LogP contribution < -0.4 is 10.5 Å².